The predicted molar refractivity (Wildman–Crippen MR) is 114 cm³/mol. The maximum absolute atomic E-state index is 12.8. The summed E-state index contributed by atoms with van der Waals surface area (Å²) in [6.07, 6.45) is 6.24. The number of ether oxygens (including phenoxy) is 2. The lowest BCUT2D eigenvalue weighted by Gasteiger charge is -2.41. The molecule has 0 aliphatic carbocycles. The van der Waals surface area contributed by atoms with Crippen LogP contribution in [0, 0.1) is 0 Å². The summed E-state index contributed by atoms with van der Waals surface area (Å²) < 4.78 is 11.4. The second-order valence-corrected chi connectivity index (χ2v) is 8.49. The Morgan fingerprint density at radius 2 is 1.83 bits per heavy atom. The molecule has 0 atom stereocenters. The van der Waals surface area contributed by atoms with Crippen LogP contribution in [-0.2, 0) is 0 Å². The van der Waals surface area contributed by atoms with E-state index >= 15 is 0 Å². The first-order chi connectivity index (χ1) is 14.2. The van der Waals surface area contributed by atoms with Crippen LogP contribution in [0.1, 0.15) is 43.0 Å². The highest BCUT2D eigenvalue weighted by molar-refractivity contribution is 7.11. The number of carbonyl (C=O) groups excluding carboxylic acids is 1. The van der Waals surface area contributed by atoms with Gasteiger partial charge in [0.15, 0.2) is 0 Å². The monoisotopic (exact) mass is 415 g/mol. The van der Waals surface area contributed by atoms with Crippen molar-refractivity contribution < 1.29 is 14.3 Å². The second-order valence-electron chi connectivity index (χ2n) is 7.63. The third kappa shape index (κ3) is 5.08. The van der Waals surface area contributed by atoms with Gasteiger partial charge in [-0.25, -0.2) is 4.98 Å². The van der Waals surface area contributed by atoms with Gasteiger partial charge in [-0.3, -0.25) is 9.69 Å². The molecular weight excluding hydrogens is 386 g/mol. The van der Waals surface area contributed by atoms with Crippen molar-refractivity contribution in [3.8, 4) is 10.9 Å². The van der Waals surface area contributed by atoms with E-state index in [1.807, 2.05) is 41.5 Å². The molecule has 4 rings (SSSR count). The highest BCUT2D eigenvalue weighted by Gasteiger charge is 2.30. The van der Waals surface area contributed by atoms with Gasteiger partial charge in [0, 0.05) is 49.4 Å². The number of carbonyl (C=O) groups is 1. The normalized spacial score (nSPS) is 19.3. The molecule has 1 aromatic heterocycles. The largest absolute Gasteiger partial charge is 0.494 e. The number of amides is 1. The Morgan fingerprint density at radius 1 is 1.10 bits per heavy atom. The standard InChI is InChI=1S/C22H29N3O3S/c1-2-27-19-5-3-17(4-6-19)21(26)25-12-7-18(8-13-25)24-14-9-20(10-15-24)28-22-23-11-16-29-22/h3-6,11,16,18,20H,2,7-10,12-15H2,1H3. The Kier molecular flexibility index (Phi) is 6.67. The van der Waals surface area contributed by atoms with Crippen molar-refractivity contribution in [2.24, 2.45) is 0 Å². The molecule has 1 aromatic carbocycles. The second kappa shape index (κ2) is 9.59. The lowest BCUT2D eigenvalue weighted by molar-refractivity contribution is 0.0425. The van der Waals surface area contributed by atoms with Crippen molar-refractivity contribution in [1.29, 1.82) is 0 Å². The van der Waals surface area contributed by atoms with Crippen LogP contribution < -0.4 is 9.47 Å². The third-order valence-electron chi connectivity index (χ3n) is 5.83. The molecule has 2 aliphatic heterocycles. The first-order valence-corrected chi connectivity index (χ1v) is 11.4. The molecule has 2 aromatic rings. The SMILES string of the molecule is CCOc1ccc(C(=O)N2CCC(N3CCC(Oc4nccs4)CC3)CC2)cc1. The van der Waals surface area contributed by atoms with Gasteiger partial charge in [-0.2, -0.15) is 0 Å². The van der Waals surface area contributed by atoms with Crippen LogP contribution >= 0.6 is 11.3 Å². The number of piperidine rings is 2. The van der Waals surface area contributed by atoms with E-state index in [2.05, 4.69) is 9.88 Å². The number of nitrogens with zero attached hydrogens (tertiary/aromatic N) is 3. The summed E-state index contributed by atoms with van der Waals surface area (Å²) in [4.78, 5) is 21.6. The van der Waals surface area contributed by atoms with Gasteiger partial charge in [0.1, 0.15) is 11.9 Å². The molecule has 3 heterocycles. The summed E-state index contributed by atoms with van der Waals surface area (Å²) in [7, 11) is 0. The first kappa shape index (κ1) is 20.2. The van der Waals surface area contributed by atoms with E-state index in [9.17, 15) is 4.79 Å². The highest BCUT2D eigenvalue weighted by Crippen LogP contribution is 2.25. The van der Waals surface area contributed by atoms with Gasteiger partial charge in [-0.05, 0) is 56.9 Å². The van der Waals surface area contributed by atoms with Gasteiger partial charge < -0.3 is 14.4 Å². The van der Waals surface area contributed by atoms with Crippen LogP contribution in [0.5, 0.6) is 10.9 Å². The van der Waals surface area contributed by atoms with E-state index in [0.717, 1.165) is 68.4 Å². The van der Waals surface area contributed by atoms with Crippen LogP contribution in [0.2, 0.25) is 0 Å². The molecule has 0 unspecified atom stereocenters. The Morgan fingerprint density at radius 3 is 2.45 bits per heavy atom. The van der Waals surface area contributed by atoms with Gasteiger partial charge in [0.25, 0.3) is 11.1 Å². The molecule has 29 heavy (non-hydrogen) atoms. The van der Waals surface area contributed by atoms with Crippen molar-refractivity contribution in [1.82, 2.24) is 14.8 Å². The summed E-state index contributed by atoms with van der Waals surface area (Å²) >= 11 is 1.56. The van der Waals surface area contributed by atoms with Crippen molar-refractivity contribution in [2.75, 3.05) is 32.8 Å². The number of likely N-dealkylation sites (tertiary alicyclic amines) is 2. The predicted octanol–water partition coefficient (Wildman–Crippen LogP) is 3.69. The van der Waals surface area contributed by atoms with Crippen LogP contribution in [0.25, 0.3) is 0 Å². The Balaban J connectivity index is 1.22. The zero-order valence-electron chi connectivity index (χ0n) is 17.0. The summed E-state index contributed by atoms with van der Waals surface area (Å²) in [5.41, 5.74) is 0.743. The number of benzene rings is 1. The van der Waals surface area contributed by atoms with E-state index in [0.29, 0.717) is 12.6 Å². The zero-order chi connectivity index (χ0) is 20.1. The number of rotatable bonds is 6. The molecule has 0 spiro atoms. The fourth-order valence-corrected chi connectivity index (χ4v) is 4.80. The number of aromatic nitrogens is 1. The smallest absolute Gasteiger partial charge is 0.273 e. The molecule has 2 aliphatic rings. The molecule has 0 saturated carbocycles. The molecule has 0 bridgehead atoms. The van der Waals surface area contributed by atoms with E-state index in [1.165, 1.54) is 0 Å². The van der Waals surface area contributed by atoms with Gasteiger partial charge in [-0.1, -0.05) is 11.3 Å². The van der Waals surface area contributed by atoms with Crippen molar-refractivity contribution in [3.63, 3.8) is 0 Å². The average molecular weight is 416 g/mol. The van der Waals surface area contributed by atoms with Crippen LogP contribution in [-0.4, -0.2) is 65.6 Å². The minimum absolute atomic E-state index is 0.127. The highest BCUT2D eigenvalue weighted by atomic mass is 32.1. The Hall–Kier alpha value is -2.12. The maximum Gasteiger partial charge on any atom is 0.273 e. The number of hydrogen-bond donors (Lipinski definition) is 0. The quantitative estimate of drug-likeness (QED) is 0.720. The molecule has 0 radical (unpaired) electrons. The minimum atomic E-state index is 0.127. The molecule has 6 nitrogen and oxygen atoms in total. The average Bonchev–Trinajstić information content (AvgIpc) is 3.28. The topological polar surface area (TPSA) is 54.9 Å². The lowest BCUT2D eigenvalue weighted by Crippen LogP contribution is -2.50. The fourth-order valence-electron chi connectivity index (χ4n) is 4.25. The third-order valence-corrected chi connectivity index (χ3v) is 6.50. The first-order valence-electron chi connectivity index (χ1n) is 10.5. The summed E-state index contributed by atoms with van der Waals surface area (Å²) in [5, 5.41) is 2.73. The van der Waals surface area contributed by atoms with E-state index in [1.54, 1.807) is 17.5 Å². The minimum Gasteiger partial charge on any atom is -0.494 e. The molecule has 7 heteroatoms. The van der Waals surface area contributed by atoms with E-state index in [-0.39, 0.29) is 12.0 Å². The van der Waals surface area contributed by atoms with Gasteiger partial charge in [0.2, 0.25) is 0 Å². The zero-order valence-corrected chi connectivity index (χ0v) is 17.8. The van der Waals surface area contributed by atoms with Crippen LogP contribution in [0.4, 0.5) is 0 Å². The summed E-state index contributed by atoms with van der Waals surface area (Å²) in [6, 6.07) is 8.06. The van der Waals surface area contributed by atoms with Gasteiger partial charge >= 0.3 is 0 Å². The van der Waals surface area contributed by atoms with Crippen molar-refractivity contribution in [2.45, 2.75) is 44.8 Å². The van der Waals surface area contributed by atoms with E-state index in [4.69, 9.17) is 9.47 Å². The van der Waals surface area contributed by atoms with Gasteiger partial charge in [0.05, 0.1) is 6.61 Å². The van der Waals surface area contributed by atoms with Gasteiger partial charge in [-0.15, -0.1) is 0 Å². The molecule has 0 N–H and O–H groups in total. The van der Waals surface area contributed by atoms with Crippen molar-refractivity contribution >= 4 is 17.2 Å². The van der Waals surface area contributed by atoms with Crippen molar-refractivity contribution in [3.05, 3.63) is 41.4 Å². The van der Waals surface area contributed by atoms with Crippen LogP contribution in [0.15, 0.2) is 35.8 Å². The Labute approximate surface area is 176 Å². The summed E-state index contributed by atoms with van der Waals surface area (Å²) in [5.74, 6) is 0.937. The lowest BCUT2D eigenvalue weighted by atomic mass is 9.98. The summed E-state index contributed by atoms with van der Waals surface area (Å²) in [6.45, 7) is 6.37. The fraction of sp³-hybridized carbons (Fsp3) is 0.545. The molecular formula is C22H29N3O3S. The number of hydrogen-bond acceptors (Lipinski definition) is 6. The van der Waals surface area contributed by atoms with E-state index < -0.39 is 0 Å². The number of thiazole rings is 1. The van der Waals surface area contributed by atoms with Crippen LogP contribution in [0.3, 0.4) is 0 Å². The molecule has 2 saturated heterocycles. The molecule has 156 valence electrons. The Bertz CT molecular complexity index is 765. The molecule has 2 fully saturated rings. The molecule has 1 amide bonds. The maximum atomic E-state index is 12.8.